The molecule has 0 atom stereocenters. The van der Waals surface area contributed by atoms with Crippen molar-refractivity contribution in [2.24, 2.45) is 0 Å². The lowest BCUT2D eigenvalue weighted by Gasteiger charge is -2.36. The normalized spacial score (nSPS) is 12.2. The van der Waals surface area contributed by atoms with Crippen LogP contribution >= 0.6 is 0 Å². The molecule has 0 fully saturated rings. The highest BCUT2D eigenvalue weighted by Crippen LogP contribution is 2.36. The van der Waals surface area contributed by atoms with Gasteiger partial charge in [0.15, 0.2) is 8.32 Å². The Balaban J connectivity index is 3.56. The van der Waals surface area contributed by atoms with Gasteiger partial charge in [0.2, 0.25) is 0 Å². The average molecular weight is 242 g/mol. The van der Waals surface area contributed by atoms with Crippen molar-refractivity contribution < 1.29 is 9.16 Å². The molecule has 0 aliphatic carbocycles. The van der Waals surface area contributed by atoms with Gasteiger partial charge in [-0.25, -0.2) is 0 Å². The molecule has 0 rings (SSSR count). The number of terminal acetylenes is 1. The smallest absolute Gasteiger partial charge is 0.191 e. The third-order valence-corrected chi connectivity index (χ3v) is 7.78. The van der Waals surface area contributed by atoms with Gasteiger partial charge in [0.1, 0.15) is 12.7 Å². The molecular weight excluding hydrogens is 216 g/mol. The molecule has 3 heteroatoms. The van der Waals surface area contributed by atoms with E-state index in [9.17, 15) is 0 Å². The van der Waals surface area contributed by atoms with Crippen LogP contribution in [0.25, 0.3) is 0 Å². The summed E-state index contributed by atoms with van der Waals surface area (Å²) in [5.41, 5.74) is 0. The minimum absolute atomic E-state index is 0.305. The SMILES string of the molecule is C#COCCCCCO[Si](C)(C)C(C)(C)C. The molecule has 0 bridgehead atoms. The van der Waals surface area contributed by atoms with Crippen LogP contribution in [0.15, 0.2) is 0 Å². The molecule has 0 aromatic carbocycles. The maximum absolute atomic E-state index is 6.06. The third kappa shape index (κ3) is 6.19. The Morgan fingerprint density at radius 1 is 1.06 bits per heavy atom. The molecule has 0 aliphatic heterocycles. The van der Waals surface area contributed by atoms with Crippen LogP contribution in [0.4, 0.5) is 0 Å². The maximum Gasteiger partial charge on any atom is 0.191 e. The van der Waals surface area contributed by atoms with E-state index in [0.717, 1.165) is 25.9 Å². The number of hydrogen-bond donors (Lipinski definition) is 0. The van der Waals surface area contributed by atoms with E-state index in [1.807, 2.05) is 0 Å². The molecule has 0 heterocycles. The zero-order valence-electron chi connectivity index (χ0n) is 11.4. The van der Waals surface area contributed by atoms with Gasteiger partial charge in [-0.2, -0.15) is 0 Å². The van der Waals surface area contributed by atoms with Gasteiger partial charge in [-0.1, -0.05) is 27.2 Å². The molecule has 0 unspecified atom stereocenters. The van der Waals surface area contributed by atoms with Crippen LogP contribution in [0.5, 0.6) is 0 Å². The van der Waals surface area contributed by atoms with Crippen molar-refractivity contribution in [3.8, 4) is 12.5 Å². The summed E-state index contributed by atoms with van der Waals surface area (Å²) in [6, 6.07) is 0. The summed E-state index contributed by atoms with van der Waals surface area (Å²) in [6.07, 6.45) is 10.4. The molecule has 0 aromatic rings. The van der Waals surface area contributed by atoms with Gasteiger partial charge in [0.25, 0.3) is 0 Å². The highest BCUT2D eigenvalue weighted by Gasteiger charge is 2.36. The Morgan fingerprint density at radius 2 is 1.62 bits per heavy atom. The van der Waals surface area contributed by atoms with E-state index in [0.29, 0.717) is 11.6 Å². The summed E-state index contributed by atoms with van der Waals surface area (Å²) in [7, 11) is -1.54. The van der Waals surface area contributed by atoms with Gasteiger partial charge < -0.3 is 9.16 Å². The lowest BCUT2D eigenvalue weighted by molar-refractivity contribution is 0.249. The molecule has 0 aromatic heterocycles. The monoisotopic (exact) mass is 242 g/mol. The number of unbranched alkanes of at least 4 members (excludes halogenated alkanes) is 2. The van der Waals surface area contributed by atoms with Crippen LogP contribution in [0.2, 0.25) is 18.1 Å². The van der Waals surface area contributed by atoms with Crippen molar-refractivity contribution in [2.45, 2.75) is 58.2 Å². The van der Waals surface area contributed by atoms with E-state index in [-0.39, 0.29) is 0 Å². The predicted molar refractivity (Wildman–Crippen MR) is 71.8 cm³/mol. The fourth-order valence-electron chi connectivity index (χ4n) is 1.06. The Hall–Kier alpha value is -0.463. The number of rotatable bonds is 7. The van der Waals surface area contributed by atoms with Crippen molar-refractivity contribution in [1.82, 2.24) is 0 Å². The number of hydrogen-bond acceptors (Lipinski definition) is 2. The van der Waals surface area contributed by atoms with Crippen LogP contribution in [0, 0.1) is 12.5 Å². The Kier molecular flexibility index (Phi) is 6.78. The van der Waals surface area contributed by atoms with Gasteiger partial charge in [-0.15, -0.1) is 0 Å². The van der Waals surface area contributed by atoms with Crippen molar-refractivity contribution in [1.29, 1.82) is 0 Å². The van der Waals surface area contributed by atoms with Gasteiger partial charge in [0.05, 0.1) is 0 Å². The van der Waals surface area contributed by atoms with E-state index in [2.05, 4.69) is 40.0 Å². The van der Waals surface area contributed by atoms with Crippen LogP contribution in [0.1, 0.15) is 40.0 Å². The van der Waals surface area contributed by atoms with E-state index < -0.39 is 8.32 Å². The Labute approximate surface area is 102 Å². The predicted octanol–water partition coefficient (Wildman–Crippen LogP) is 3.79. The van der Waals surface area contributed by atoms with Gasteiger partial charge in [0, 0.05) is 6.61 Å². The quantitative estimate of drug-likeness (QED) is 0.384. The average Bonchev–Trinajstić information content (AvgIpc) is 2.14. The summed E-state index contributed by atoms with van der Waals surface area (Å²) in [4.78, 5) is 0. The fourth-order valence-corrected chi connectivity index (χ4v) is 2.14. The van der Waals surface area contributed by atoms with Crippen LogP contribution in [-0.2, 0) is 9.16 Å². The zero-order valence-corrected chi connectivity index (χ0v) is 12.4. The molecule has 0 saturated heterocycles. The second-order valence-electron chi connectivity index (χ2n) is 5.64. The summed E-state index contributed by atoms with van der Waals surface area (Å²) in [6.45, 7) is 12.9. The van der Waals surface area contributed by atoms with Crippen molar-refractivity contribution >= 4 is 8.32 Å². The zero-order chi connectivity index (χ0) is 12.7. The second kappa shape index (κ2) is 6.98. The summed E-state index contributed by atoms with van der Waals surface area (Å²) in [5, 5.41) is 0.305. The molecule has 0 radical (unpaired) electrons. The van der Waals surface area contributed by atoms with Crippen molar-refractivity contribution in [2.75, 3.05) is 13.2 Å². The number of ether oxygens (including phenoxy) is 1. The molecule has 0 N–H and O–H groups in total. The highest BCUT2D eigenvalue weighted by molar-refractivity contribution is 6.74. The first-order chi connectivity index (χ1) is 7.31. The first-order valence-corrected chi connectivity index (χ1v) is 8.93. The van der Waals surface area contributed by atoms with E-state index >= 15 is 0 Å². The molecule has 16 heavy (non-hydrogen) atoms. The van der Waals surface area contributed by atoms with E-state index in [1.165, 1.54) is 0 Å². The van der Waals surface area contributed by atoms with Gasteiger partial charge in [-0.3, -0.25) is 0 Å². The molecule has 0 amide bonds. The maximum atomic E-state index is 6.06. The Morgan fingerprint density at radius 3 is 2.12 bits per heavy atom. The lowest BCUT2D eigenvalue weighted by atomic mass is 10.2. The minimum Gasteiger partial charge on any atom is -0.447 e. The first kappa shape index (κ1) is 15.5. The highest BCUT2D eigenvalue weighted by atomic mass is 28.4. The molecule has 0 saturated carbocycles. The third-order valence-electron chi connectivity index (χ3n) is 3.24. The van der Waals surface area contributed by atoms with Crippen molar-refractivity contribution in [3.63, 3.8) is 0 Å². The van der Waals surface area contributed by atoms with Crippen LogP contribution in [0.3, 0.4) is 0 Å². The van der Waals surface area contributed by atoms with E-state index in [4.69, 9.17) is 15.6 Å². The molecule has 0 spiro atoms. The molecular formula is C13H26O2Si. The van der Waals surface area contributed by atoms with E-state index in [1.54, 1.807) is 0 Å². The van der Waals surface area contributed by atoms with Gasteiger partial charge >= 0.3 is 0 Å². The standard InChI is InChI=1S/C13H26O2Si/c1-7-14-11-9-8-10-12-15-16(5,6)13(2,3)4/h1H,8-12H2,2-6H3. The first-order valence-electron chi connectivity index (χ1n) is 6.02. The molecule has 94 valence electrons. The Bertz CT molecular complexity index is 223. The van der Waals surface area contributed by atoms with Crippen LogP contribution in [-0.4, -0.2) is 21.5 Å². The topological polar surface area (TPSA) is 18.5 Å². The van der Waals surface area contributed by atoms with Crippen molar-refractivity contribution in [3.05, 3.63) is 0 Å². The largest absolute Gasteiger partial charge is 0.447 e. The van der Waals surface area contributed by atoms with Crippen LogP contribution < -0.4 is 0 Å². The molecule has 0 aliphatic rings. The summed E-state index contributed by atoms with van der Waals surface area (Å²) in [5.74, 6) is 0. The van der Waals surface area contributed by atoms with Gasteiger partial charge in [-0.05, 0) is 37.4 Å². The lowest BCUT2D eigenvalue weighted by Crippen LogP contribution is -2.40. The summed E-state index contributed by atoms with van der Waals surface area (Å²) >= 11 is 0. The summed E-state index contributed by atoms with van der Waals surface area (Å²) < 4.78 is 10.9. The molecule has 2 nitrogen and oxygen atoms in total. The fraction of sp³-hybridized carbons (Fsp3) is 0.846. The second-order valence-corrected chi connectivity index (χ2v) is 10.4. The minimum atomic E-state index is -1.54.